The normalized spacial score (nSPS) is 15.9. The van der Waals surface area contributed by atoms with Crippen molar-refractivity contribution in [1.29, 1.82) is 0 Å². The number of nitrogens with one attached hydrogen (secondary N) is 1. The Balaban J connectivity index is 2.01. The van der Waals surface area contributed by atoms with E-state index >= 15 is 0 Å². The van der Waals surface area contributed by atoms with Crippen LogP contribution < -0.4 is 10.2 Å². The lowest BCUT2D eigenvalue weighted by molar-refractivity contribution is -0.121. The van der Waals surface area contributed by atoms with E-state index < -0.39 is 11.9 Å². The van der Waals surface area contributed by atoms with Gasteiger partial charge in [-0.05, 0) is 55.0 Å². The molecule has 2 aromatic rings. The Labute approximate surface area is 166 Å². The van der Waals surface area contributed by atoms with Gasteiger partial charge in [0, 0.05) is 25.3 Å². The first kappa shape index (κ1) is 19.9. The highest BCUT2D eigenvalue weighted by molar-refractivity contribution is 5.90. The van der Waals surface area contributed by atoms with Crippen LogP contribution >= 0.6 is 0 Å². The van der Waals surface area contributed by atoms with E-state index in [2.05, 4.69) is 23.2 Å². The Hall–Kier alpha value is -2.82. The molecule has 1 unspecified atom stereocenters. The molecular weight excluding hydrogens is 352 g/mol. The summed E-state index contributed by atoms with van der Waals surface area (Å²) >= 11 is 0. The molecule has 28 heavy (non-hydrogen) atoms. The van der Waals surface area contributed by atoms with E-state index in [4.69, 9.17) is 0 Å². The fourth-order valence-electron chi connectivity index (χ4n) is 3.84. The number of carboxylic acid groups (broad SMARTS) is 1. The molecule has 0 spiro atoms. The lowest BCUT2D eigenvalue weighted by Crippen LogP contribution is -2.35. The minimum atomic E-state index is -0.969. The van der Waals surface area contributed by atoms with Gasteiger partial charge in [0.05, 0.1) is 11.5 Å². The third kappa shape index (κ3) is 4.35. The quantitative estimate of drug-likeness (QED) is 0.798. The van der Waals surface area contributed by atoms with Crippen molar-refractivity contribution in [2.24, 2.45) is 5.92 Å². The first-order chi connectivity index (χ1) is 13.5. The summed E-state index contributed by atoms with van der Waals surface area (Å²) in [6.45, 7) is 6.70. The van der Waals surface area contributed by atoms with E-state index in [1.807, 2.05) is 25.1 Å². The molecule has 0 radical (unpaired) electrons. The minimum Gasteiger partial charge on any atom is -0.478 e. The summed E-state index contributed by atoms with van der Waals surface area (Å²) in [5.41, 5.74) is 3.07. The lowest BCUT2D eigenvalue weighted by Gasteiger charge is -2.34. The molecule has 1 aliphatic heterocycles. The molecule has 1 fully saturated rings. The zero-order valence-electron chi connectivity index (χ0n) is 16.5. The monoisotopic (exact) mass is 380 g/mol. The Morgan fingerprint density at radius 1 is 1.11 bits per heavy atom. The summed E-state index contributed by atoms with van der Waals surface area (Å²) in [6.07, 6.45) is 2.29. The van der Waals surface area contributed by atoms with Gasteiger partial charge in [0.2, 0.25) is 5.91 Å². The fourth-order valence-corrected chi connectivity index (χ4v) is 3.84. The van der Waals surface area contributed by atoms with E-state index in [0.29, 0.717) is 6.54 Å². The number of aromatic carboxylic acids is 1. The fraction of sp³-hybridized carbons (Fsp3) is 0.391. The van der Waals surface area contributed by atoms with Gasteiger partial charge < -0.3 is 15.3 Å². The number of likely N-dealkylation sites (N-methyl/N-ethyl adjacent to an activating group) is 1. The van der Waals surface area contributed by atoms with Crippen LogP contribution in [0.5, 0.6) is 0 Å². The Kier molecular flexibility index (Phi) is 6.34. The van der Waals surface area contributed by atoms with Gasteiger partial charge in [0.25, 0.3) is 0 Å². The molecule has 1 aliphatic rings. The second-order valence-electron chi connectivity index (χ2n) is 7.48. The molecular formula is C23H28N2O3. The van der Waals surface area contributed by atoms with E-state index in [1.54, 1.807) is 24.3 Å². The van der Waals surface area contributed by atoms with Gasteiger partial charge in [-0.15, -0.1) is 0 Å². The lowest BCUT2D eigenvalue weighted by atomic mass is 9.87. The average Bonchev–Trinajstić information content (AvgIpc) is 2.70. The van der Waals surface area contributed by atoms with Crippen LogP contribution in [0.3, 0.4) is 0 Å². The topological polar surface area (TPSA) is 69.6 Å². The molecule has 3 rings (SSSR count). The zero-order valence-corrected chi connectivity index (χ0v) is 16.5. The number of carbonyl (C=O) groups excluding carboxylic acids is 1. The van der Waals surface area contributed by atoms with Crippen molar-refractivity contribution in [1.82, 2.24) is 5.32 Å². The van der Waals surface area contributed by atoms with Gasteiger partial charge in [-0.1, -0.05) is 37.3 Å². The highest BCUT2D eigenvalue weighted by atomic mass is 16.4. The number of nitrogens with zero attached hydrogens (tertiary/aromatic N) is 1. The number of benzene rings is 2. The average molecular weight is 380 g/mol. The van der Waals surface area contributed by atoms with E-state index in [0.717, 1.165) is 48.7 Å². The van der Waals surface area contributed by atoms with Crippen molar-refractivity contribution in [3.8, 4) is 0 Å². The number of carbonyl (C=O) groups is 2. The van der Waals surface area contributed by atoms with Crippen molar-refractivity contribution >= 4 is 17.6 Å². The molecule has 1 amide bonds. The first-order valence-corrected chi connectivity index (χ1v) is 9.96. The van der Waals surface area contributed by atoms with Crippen LogP contribution in [-0.4, -0.2) is 36.6 Å². The van der Waals surface area contributed by atoms with E-state index in [9.17, 15) is 14.7 Å². The largest absolute Gasteiger partial charge is 0.478 e. The molecule has 5 heteroatoms. The SMILES string of the molecule is CCNC(=O)C(c1ccc(C(=O)O)cc1)c1ccccc1N1CCC(C)CC1. The standard InChI is InChI=1S/C23H28N2O3/c1-3-24-22(26)21(17-8-10-18(11-9-17)23(27)28)19-6-4-5-7-20(19)25-14-12-16(2)13-15-25/h4-11,16,21H,3,12-15H2,1-2H3,(H,24,26)(H,27,28). The molecule has 2 aromatic carbocycles. The van der Waals surface area contributed by atoms with Crippen molar-refractivity contribution in [3.63, 3.8) is 0 Å². The maximum atomic E-state index is 13.0. The van der Waals surface area contributed by atoms with Crippen molar-refractivity contribution < 1.29 is 14.7 Å². The van der Waals surface area contributed by atoms with Crippen molar-refractivity contribution in [2.75, 3.05) is 24.5 Å². The van der Waals surface area contributed by atoms with Crippen LogP contribution in [0, 0.1) is 5.92 Å². The Bertz CT molecular complexity index is 824. The molecule has 148 valence electrons. The molecule has 0 aromatic heterocycles. The second kappa shape index (κ2) is 8.91. The maximum Gasteiger partial charge on any atom is 0.335 e. The predicted octanol–water partition coefficient (Wildman–Crippen LogP) is 3.89. The number of para-hydroxylation sites is 1. The number of amides is 1. The van der Waals surface area contributed by atoms with Crippen molar-refractivity contribution in [3.05, 3.63) is 65.2 Å². The van der Waals surface area contributed by atoms with Gasteiger partial charge in [0.15, 0.2) is 0 Å². The first-order valence-electron chi connectivity index (χ1n) is 9.96. The van der Waals surface area contributed by atoms with Gasteiger partial charge in [0.1, 0.15) is 0 Å². The molecule has 2 N–H and O–H groups in total. The van der Waals surface area contributed by atoms with Crippen LogP contribution in [0.4, 0.5) is 5.69 Å². The summed E-state index contributed by atoms with van der Waals surface area (Å²) in [7, 11) is 0. The summed E-state index contributed by atoms with van der Waals surface area (Å²) in [5.74, 6) is -0.781. The van der Waals surface area contributed by atoms with Crippen molar-refractivity contribution in [2.45, 2.75) is 32.6 Å². The number of hydrogen-bond donors (Lipinski definition) is 2. The summed E-state index contributed by atoms with van der Waals surface area (Å²) in [4.78, 5) is 26.6. The van der Waals surface area contributed by atoms with Gasteiger partial charge in [-0.2, -0.15) is 0 Å². The maximum absolute atomic E-state index is 13.0. The third-order valence-corrected chi connectivity index (χ3v) is 5.48. The Morgan fingerprint density at radius 2 is 1.75 bits per heavy atom. The Morgan fingerprint density at radius 3 is 2.36 bits per heavy atom. The molecule has 5 nitrogen and oxygen atoms in total. The van der Waals surface area contributed by atoms with Crippen LogP contribution in [0.15, 0.2) is 48.5 Å². The van der Waals surface area contributed by atoms with Crippen LogP contribution in [0.2, 0.25) is 0 Å². The summed E-state index contributed by atoms with van der Waals surface area (Å²) in [5, 5.41) is 12.1. The summed E-state index contributed by atoms with van der Waals surface area (Å²) < 4.78 is 0. The number of rotatable bonds is 6. The number of hydrogen-bond acceptors (Lipinski definition) is 3. The van der Waals surface area contributed by atoms with Crippen LogP contribution in [0.25, 0.3) is 0 Å². The van der Waals surface area contributed by atoms with Crippen LogP contribution in [-0.2, 0) is 4.79 Å². The van der Waals surface area contributed by atoms with Gasteiger partial charge in [-0.25, -0.2) is 4.79 Å². The van der Waals surface area contributed by atoms with E-state index in [-0.39, 0.29) is 11.5 Å². The number of carboxylic acids is 1. The van der Waals surface area contributed by atoms with Gasteiger partial charge >= 0.3 is 5.97 Å². The van der Waals surface area contributed by atoms with Gasteiger partial charge in [-0.3, -0.25) is 4.79 Å². The smallest absolute Gasteiger partial charge is 0.335 e. The molecule has 1 atom stereocenters. The summed E-state index contributed by atoms with van der Waals surface area (Å²) in [6, 6.07) is 14.7. The van der Waals surface area contributed by atoms with Crippen LogP contribution in [0.1, 0.15) is 54.1 Å². The highest BCUT2D eigenvalue weighted by Crippen LogP contribution is 2.35. The third-order valence-electron chi connectivity index (χ3n) is 5.48. The highest BCUT2D eigenvalue weighted by Gasteiger charge is 2.27. The minimum absolute atomic E-state index is 0.0663. The zero-order chi connectivity index (χ0) is 20.1. The second-order valence-corrected chi connectivity index (χ2v) is 7.48. The number of anilines is 1. The number of piperidine rings is 1. The molecule has 0 bridgehead atoms. The predicted molar refractivity (Wildman–Crippen MR) is 111 cm³/mol. The molecule has 1 saturated heterocycles. The molecule has 0 aliphatic carbocycles. The molecule has 1 heterocycles. The van der Waals surface area contributed by atoms with E-state index in [1.165, 1.54) is 0 Å². The molecule has 0 saturated carbocycles.